The molecule has 0 saturated carbocycles. The maximum atomic E-state index is 12.7. The Morgan fingerprint density at radius 1 is 1.24 bits per heavy atom. The molecule has 0 unspecified atom stereocenters. The Balaban J connectivity index is 2.42. The van der Waals surface area contributed by atoms with E-state index in [0.717, 1.165) is 6.07 Å². The number of halogens is 4. The topological polar surface area (TPSA) is 73.1 Å². The molecular formula is C12H10ClF3N4O. The van der Waals surface area contributed by atoms with Gasteiger partial charge in [-0.05, 0) is 24.6 Å². The monoisotopic (exact) mass is 318 g/mol. The van der Waals surface area contributed by atoms with Gasteiger partial charge in [-0.3, -0.25) is 0 Å². The average Bonchev–Trinajstić information content (AvgIpc) is 2.41. The van der Waals surface area contributed by atoms with Gasteiger partial charge < -0.3 is 10.2 Å². The molecule has 0 aliphatic rings. The zero-order valence-electron chi connectivity index (χ0n) is 10.7. The number of alkyl halides is 3. The second-order valence-corrected chi connectivity index (χ2v) is 4.51. The number of nitrogens with zero attached hydrogens (tertiary/aromatic N) is 2. The molecule has 2 aromatic rings. The molecular weight excluding hydrogens is 309 g/mol. The average molecular weight is 319 g/mol. The molecule has 2 rings (SSSR count). The van der Waals surface area contributed by atoms with E-state index in [9.17, 15) is 13.2 Å². The van der Waals surface area contributed by atoms with Crippen LogP contribution in [0.4, 0.5) is 19.0 Å². The fourth-order valence-corrected chi connectivity index (χ4v) is 1.64. The van der Waals surface area contributed by atoms with Crippen molar-refractivity contribution in [2.75, 3.05) is 5.43 Å². The van der Waals surface area contributed by atoms with E-state index >= 15 is 0 Å². The van der Waals surface area contributed by atoms with Crippen LogP contribution < -0.4 is 16.0 Å². The molecule has 0 fully saturated rings. The van der Waals surface area contributed by atoms with Crippen molar-refractivity contribution >= 4 is 17.4 Å². The molecule has 1 aromatic carbocycles. The minimum absolute atomic E-state index is 0.216. The van der Waals surface area contributed by atoms with Gasteiger partial charge in [0.25, 0.3) is 0 Å². The van der Waals surface area contributed by atoms with E-state index in [1.165, 1.54) is 6.07 Å². The molecule has 1 aromatic heterocycles. The highest BCUT2D eigenvalue weighted by Crippen LogP contribution is 2.31. The number of hydrogen-bond donors (Lipinski definition) is 2. The van der Waals surface area contributed by atoms with E-state index in [2.05, 4.69) is 9.97 Å². The molecule has 0 atom stereocenters. The fraction of sp³-hybridized carbons (Fsp3) is 0.167. The SMILES string of the molecule is Cc1ccc(Cl)cc1Oc1cc(NN)nc(C(F)(F)F)n1. The van der Waals surface area contributed by atoms with Crippen LogP contribution in [0.5, 0.6) is 11.6 Å². The number of aromatic nitrogens is 2. The smallest absolute Gasteiger partial charge is 0.438 e. The Kier molecular flexibility index (Phi) is 4.19. The number of benzene rings is 1. The molecule has 112 valence electrons. The van der Waals surface area contributed by atoms with Crippen molar-refractivity contribution < 1.29 is 17.9 Å². The molecule has 0 spiro atoms. The molecule has 5 nitrogen and oxygen atoms in total. The van der Waals surface area contributed by atoms with E-state index in [1.54, 1.807) is 19.1 Å². The van der Waals surface area contributed by atoms with E-state index in [-0.39, 0.29) is 17.4 Å². The molecule has 3 N–H and O–H groups in total. The lowest BCUT2D eigenvalue weighted by Crippen LogP contribution is -2.16. The van der Waals surface area contributed by atoms with Crippen molar-refractivity contribution in [3.63, 3.8) is 0 Å². The summed E-state index contributed by atoms with van der Waals surface area (Å²) in [4.78, 5) is 6.55. The van der Waals surface area contributed by atoms with Gasteiger partial charge in [0.05, 0.1) is 0 Å². The number of rotatable bonds is 3. The van der Waals surface area contributed by atoms with Crippen LogP contribution in [-0.2, 0) is 6.18 Å². The van der Waals surface area contributed by atoms with Crippen LogP contribution in [0.3, 0.4) is 0 Å². The van der Waals surface area contributed by atoms with Crippen molar-refractivity contribution in [3.8, 4) is 11.6 Å². The number of hydrazine groups is 1. The zero-order chi connectivity index (χ0) is 15.6. The third-order valence-corrected chi connectivity index (χ3v) is 2.70. The summed E-state index contributed by atoms with van der Waals surface area (Å²) in [6.07, 6.45) is -4.71. The highest BCUT2D eigenvalue weighted by Gasteiger charge is 2.35. The standard InChI is InChI=1S/C12H10ClF3N4O/c1-6-2-3-7(13)4-8(6)21-10-5-9(20-17)18-11(19-10)12(14,15)16/h2-5H,17H2,1H3,(H,18,19,20). The summed E-state index contributed by atoms with van der Waals surface area (Å²) in [5, 5.41) is 0.387. The first-order valence-corrected chi connectivity index (χ1v) is 6.04. The van der Waals surface area contributed by atoms with Crippen LogP contribution in [0.15, 0.2) is 24.3 Å². The summed E-state index contributed by atoms with van der Waals surface area (Å²) in [7, 11) is 0. The Morgan fingerprint density at radius 2 is 1.95 bits per heavy atom. The van der Waals surface area contributed by atoms with E-state index in [0.29, 0.717) is 10.6 Å². The van der Waals surface area contributed by atoms with Crippen molar-refractivity contribution in [1.82, 2.24) is 9.97 Å². The van der Waals surface area contributed by atoms with Crippen LogP contribution in [0.1, 0.15) is 11.4 Å². The molecule has 21 heavy (non-hydrogen) atoms. The van der Waals surface area contributed by atoms with Gasteiger partial charge in [0.1, 0.15) is 11.6 Å². The van der Waals surface area contributed by atoms with Crippen LogP contribution >= 0.6 is 11.6 Å². The molecule has 0 saturated heterocycles. The zero-order valence-corrected chi connectivity index (χ0v) is 11.5. The first-order chi connectivity index (χ1) is 9.79. The number of hydrogen-bond acceptors (Lipinski definition) is 5. The van der Waals surface area contributed by atoms with E-state index < -0.39 is 12.0 Å². The van der Waals surface area contributed by atoms with Crippen LogP contribution in [0.25, 0.3) is 0 Å². The van der Waals surface area contributed by atoms with Gasteiger partial charge in [-0.25, -0.2) is 10.8 Å². The molecule has 0 amide bonds. The van der Waals surface area contributed by atoms with Gasteiger partial charge in [-0.15, -0.1) is 0 Å². The van der Waals surface area contributed by atoms with Crippen molar-refractivity contribution in [2.24, 2.45) is 5.84 Å². The summed E-state index contributed by atoms with van der Waals surface area (Å²) >= 11 is 5.82. The van der Waals surface area contributed by atoms with Gasteiger partial charge in [0, 0.05) is 11.1 Å². The summed E-state index contributed by atoms with van der Waals surface area (Å²) in [6, 6.07) is 5.93. The first kappa shape index (κ1) is 15.3. The summed E-state index contributed by atoms with van der Waals surface area (Å²) in [6.45, 7) is 1.72. The summed E-state index contributed by atoms with van der Waals surface area (Å²) in [5.74, 6) is 3.52. The molecule has 0 radical (unpaired) electrons. The second kappa shape index (κ2) is 5.74. The number of aryl methyl sites for hydroxylation is 1. The van der Waals surface area contributed by atoms with Gasteiger partial charge >= 0.3 is 6.18 Å². The lowest BCUT2D eigenvalue weighted by molar-refractivity contribution is -0.145. The van der Waals surface area contributed by atoms with Gasteiger partial charge in [-0.2, -0.15) is 18.2 Å². The highest BCUT2D eigenvalue weighted by molar-refractivity contribution is 6.30. The van der Waals surface area contributed by atoms with Gasteiger partial charge in [0.15, 0.2) is 0 Å². The Labute approximate surface area is 122 Å². The minimum atomic E-state index is -4.71. The van der Waals surface area contributed by atoms with E-state index in [4.69, 9.17) is 22.2 Å². The van der Waals surface area contributed by atoms with Crippen LogP contribution in [0, 0.1) is 6.92 Å². The third kappa shape index (κ3) is 3.73. The Bertz CT molecular complexity index is 663. The highest BCUT2D eigenvalue weighted by atomic mass is 35.5. The second-order valence-electron chi connectivity index (χ2n) is 4.07. The molecule has 0 bridgehead atoms. The van der Waals surface area contributed by atoms with E-state index in [1.807, 2.05) is 5.43 Å². The van der Waals surface area contributed by atoms with Crippen LogP contribution in [-0.4, -0.2) is 9.97 Å². The number of nitrogens with two attached hydrogens (primary N) is 1. The lowest BCUT2D eigenvalue weighted by Gasteiger charge is -2.12. The number of nitrogen functional groups attached to an aromatic ring is 1. The molecule has 0 aliphatic heterocycles. The summed E-state index contributed by atoms with van der Waals surface area (Å²) < 4.78 is 43.4. The normalized spacial score (nSPS) is 11.3. The predicted molar refractivity (Wildman–Crippen MR) is 71.1 cm³/mol. The molecule has 0 aliphatic carbocycles. The minimum Gasteiger partial charge on any atom is -0.438 e. The number of anilines is 1. The van der Waals surface area contributed by atoms with Crippen molar-refractivity contribution in [3.05, 3.63) is 40.7 Å². The number of ether oxygens (including phenoxy) is 1. The predicted octanol–water partition coefficient (Wildman–Crippen LogP) is 3.54. The van der Waals surface area contributed by atoms with Gasteiger partial charge in [0.2, 0.25) is 11.7 Å². The van der Waals surface area contributed by atoms with Gasteiger partial charge in [-0.1, -0.05) is 17.7 Å². The molecule has 9 heteroatoms. The molecule has 1 heterocycles. The Morgan fingerprint density at radius 3 is 2.57 bits per heavy atom. The Hall–Kier alpha value is -2.06. The quantitative estimate of drug-likeness (QED) is 0.669. The largest absolute Gasteiger partial charge is 0.451 e. The third-order valence-electron chi connectivity index (χ3n) is 2.47. The fourth-order valence-electron chi connectivity index (χ4n) is 1.47. The first-order valence-electron chi connectivity index (χ1n) is 5.66. The van der Waals surface area contributed by atoms with Crippen molar-refractivity contribution in [1.29, 1.82) is 0 Å². The maximum absolute atomic E-state index is 12.7. The van der Waals surface area contributed by atoms with Crippen molar-refractivity contribution in [2.45, 2.75) is 13.1 Å². The lowest BCUT2D eigenvalue weighted by atomic mass is 10.2. The number of nitrogens with one attached hydrogen (secondary N) is 1. The van der Waals surface area contributed by atoms with Crippen LogP contribution in [0.2, 0.25) is 5.02 Å². The maximum Gasteiger partial charge on any atom is 0.451 e. The summed E-state index contributed by atoms with van der Waals surface area (Å²) in [5.41, 5.74) is 2.72.